The molecule has 0 heterocycles. The smallest absolute Gasteiger partial charge is 0.0280 e. The van der Waals surface area contributed by atoms with Crippen LogP contribution >= 0.6 is 0 Å². The minimum absolute atomic E-state index is 0.141. The van der Waals surface area contributed by atoms with E-state index in [-0.39, 0.29) is 5.54 Å². The number of rotatable bonds is 3. The second-order valence-corrected chi connectivity index (χ2v) is 4.77. The maximum atomic E-state index is 6.22. The van der Waals surface area contributed by atoms with Crippen LogP contribution < -0.4 is 11.1 Å². The van der Waals surface area contributed by atoms with Crippen LogP contribution in [-0.4, -0.2) is 18.1 Å². The quantitative estimate of drug-likeness (QED) is 0.665. The summed E-state index contributed by atoms with van der Waals surface area (Å²) in [6, 6.07) is 0.783. The van der Waals surface area contributed by atoms with Crippen molar-refractivity contribution < 1.29 is 0 Å². The van der Waals surface area contributed by atoms with Crippen molar-refractivity contribution in [2.24, 2.45) is 11.7 Å². The average molecular weight is 168 g/mol. The summed E-state index contributed by atoms with van der Waals surface area (Å²) in [4.78, 5) is 0. The Morgan fingerprint density at radius 3 is 2.50 bits per heavy atom. The zero-order valence-electron chi connectivity index (χ0n) is 7.97. The highest BCUT2D eigenvalue weighted by Crippen LogP contribution is 2.31. The topological polar surface area (TPSA) is 38.0 Å². The van der Waals surface area contributed by atoms with E-state index in [1.54, 1.807) is 0 Å². The largest absolute Gasteiger partial charge is 0.324 e. The van der Waals surface area contributed by atoms with Crippen molar-refractivity contribution in [1.82, 2.24) is 5.32 Å². The molecule has 2 rings (SSSR count). The Balaban J connectivity index is 1.71. The molecule has 2 aliphatic rings. The maximum Gasteiger partial charge on any atom is 0.0280 e. The van der Waals surface area contributed by atoms with E-state index in [0.717, 1.165) is 18.5 Å². The standard InChI is InChI=1S/C10H20N2/c1-8-6-9(8)12-7-10(11)4-2-3-5-10/h8-9,12H,2-7,11H2,1H3. The van der Waals surface area contributed by atoms with Crippen molar-refractivity contribution in [1.29, 1.82) is 0 Å². The summed E-state index contributed by atoms with van der Waals surface area (Å²) in [5.41, 5.74) is 6.36. The second kappa shape index (κ2) is 3.00. The molecule has 2 fully saturated rings. The van der Waals surface area contributed by atoms with Gasteiger partial charge in [0.25, 0.3) is 0 Å². The molecule has 2 heteroatoms. The fourth-order valence-electron chi connectivity index (χ4n) is 2.20. The third-order valence-corrected chi connectivity index (χ3v) is 3.43. The van der Waals surface area contributed by atoms with E-state index in [0.29, 0.717) is 0 Å². The molecule has 0 aromatic carbocycles. The van der Waals surface area contributed by atoms with Gasteiger partial charge in [0, 0.05) is 18.1 Å². The molecule has 2 atom stereocenters. The Morgan fingerprint density at radius 1 is 1.42 bits per heavy atom. The molecule has 0 aromatic rings. The lowest BCUT2D eigenvalue weighted by Gasteiger charge is -2.23. The van der Waals surface area contributed by atoms with E-state index in [4.69, 9.17) is 5.73 Å². The SMILES string of the molecule is CC1CC1NCC1(N)CCCC1. The van der Waals surface area contributed by atoms with Gasteiger partial charge in [-0.15, -0.1) is 0 Å². The Labute approximate surface area is 74.9 Å². The highest BCUT2D eigenvalue weighted by atomic mass is 15.0. The molecule has 2 unspecified atom stereocenters. The van der Waals surface area contributed by atoms with Gasteiger partial charge in [0.15, 0.2) is 0 Å². The Kier molecular flexibility index (Phi) is 2.13. The zero-order chi connectivity index (χ0) is 8.60. The van der Waals surface area contributed by atoms with Crippen molar-refractivity contribution in [3.8, 4) is 0 Å². The third kappa shape index (κ3) is 1.80. The van der Waals surface area contributed by atoms with Crippen molar-refractivity contribution in [3.05, 3.63) is 0 Å². The van der Waals surface area contributed by atoms with Gasteiger partial charge in [-0.05, 0) is 25.2 Å². The van der Waals surface area contributed by atoms with E-state index < -0.39 is 0 Å². The van der Waals surface area contributed by atoms with Crippen LogP contribution in [0.25, 0.3) is 0 Å². The number of hydrogen-bond donors (Lipinski definition) is 2. The highest BCUT2D eigenvalue weighted by Gasteiger charge is 2.35. The summed E-state index contributed by atoms with van der Waals surface area (Å²) in [5, 5.41) is 3.56. The van der Waals surface area contributed by atoms with Crippen LogP contribution in [0, 0.1) is 5.92 Å². The summed E-state index contributed by atoms with van der Waals surface area (Å²) < 4.78 is 0. The molecule has 2 nitrogen and oxygen atoms in total. The number of hydrogen-bond acceptors (Lipinski definition) is 2. The van der Waals surface area contributed by atoms with Gasteiger partial charge in [-0.3, -0.25) is 0 Å². The Morgan fingerprint density at radius 2 is 2.00 bits per heavy atom. The van der Waals surface area contributed by atoms with Crippen molar-refractivity contribution in [3.63, 3.8) is 0 Å². The average Bonchev–Trinajstić information content (AvgIpc) is 2.55. The first kappa shape index (κ1) is 8.52. The predicted octanol–water partition coefficient (Wildman–Crippen LogP) is 1.26. The first-order valence-corrected chi connectivity index (χ1v) is 5.22. The van der Waals surface area contributed by atoms with E-state index in [2.05, 4.69) is 12.2 Å². The molecule has 0 saturated heterocycles. The highest BCUT2D eigenvalue weighted by molar-refractivity contribution is 4.96. The van der Waals surface area contributed by atoms with Gasteiger partial charge in [0.2, 0.25) is 0 Å². The van der Waals surface area contributed by atoms with Gasteiger partial charge in [-0.2, -0.15) is 0 Å². The van der Waals surface area contributed by atoms with E-state index in [9.17, 15) is 0 Å². The molecular weight excluding hydrogens is 148 g/mol. The van der Waals surface area contributed by atoms with Crippen LogP contribution in [0.3, 0.4) is 0 Å². The first-order valence-electron chi connectivity index (χ1n) is 5.22. The van der Waals surface area contributed by atoms with Crippen LogP contribution in [0.15, 0.2) is 0 Å². The van der Waals surface area contributed by atoms with Gasteiger partial charge in [-0.1, -0.05) is 19.8 Å². The van der Waals surface area contributed by atoms with Crippen LogP contribution in [0.5, 0.6) is 0 Å². The minimum Gasteiger partial charge on any atom is -0.324 e. The Bertz CT molecular complexity index is 161. The summed E-state index contributed by atoms with van der Waals surface area (Å²) in [7, 11) is 0. The number of nitrogens with one attached hydrogen (secondary N) is 1. The molecule has 3 N–H and O–H groups in total. The van der Waals surface area contributed by atoms with Crippen LogP contribution in [0.4, 0.5) is 0 Å². The van der Waals surface area contributed by atoms with Gasteiger partial charge in [0.1, 0.15) is 0 Å². The summed E-state index contributed by atoms with van der Waals surface area (Å²) in [5.74, 6) is 0.898. The van der Waals surface area contributed by atoms with Crippen molar-refractivity contribution in [2.45, 2.75) is 50.6 Å². The third-order valence-electron chi connectivity index (χ3n) is 3.43. The predicted molar refractivity (Wildman–Crippen MR) is 51.0 cm³/mol. The van der Waals surface area contributed by atoms with E-state index >= 15 is 0 Å². The summed E-state index contributed by atoms with van der Waals surface area (Å²) in [6.45, 7) is 3.34. The molecular formula is C10H20N2. The van der Waals surface area contributed by atoms with Crippen molar-refractivity contribution in [2.75, 3.05) is 6.54 Å². The van der Waals surface area contributed by atoms with Crippen LogP contribution in [-0.2, 0) is 0 Å². The molecule has 2 aliphatic carbocycles. The molecule has 12 heavy (non-hydrogen) atoms. The van der Waals surface area contributed by atoms with Gasteiger partial charge >= 0.3 is 0 Å². The fourth-order valence-corrected chi connectivity index (χ4v) is 2.20. The molecule has 0 aromatic heterocycles. The molecule has 0 bridgehead atoms. The molecule has 0 amide bonds. The normalized spacial score (nSPS) is 38.5. The maximum absolute atomic E-state index is 6.22. The fraction of sp³-hybridized carbons (Fsp3) is 1.00. The summed E-state index contributed by atoms with van der Waals surface area (Å²) >= 11 is 0. The zero-order valence-corrected chi connectivity index (χ0v) is 7.97. The summed E-state index contributed by atoms with van der Waals surface area (Å²) in [6.07, 6.45) is 6.47. The lowest BCUT2D eigenvalue weighted by Crippen LogP contribution is -2.47. The van der Waals surface area contributed by atoms with Crippen LogP contribution in [0.1, 0.15) is 39.0 Å². The molecule has 70 valence electrons. The monoisotopic (exact) mass is 168 g/mol. The van der Waals surface area contributed by atoms with E-state index in [1.165, 1.54) is 32.1 Å². The second-order valence-electron chi connectivity index (χ2n) is 4.77. The molecule has 0 spiro atoms. The van der Waals surface area contributed by atoms with Crippen LogP contribution in [0.2, 0.25) is 0 Å². The molecule has 0 aliphatic heterocycles. The van der Waals surface area contributed by atoms with Crippen molar-refractivity contribution >= 4 is 0 Å². The van der Waals surface area contributed by atoms with Gasteiger partial charge in [0.05, 0.1) is 0 Å². The minimum atomic E-state index is 0.141. The van der Waals surface area contributed by atoms with Gasteiger partial charge < -0.3 is 11.1 Å². The molecule has 2 saturated carbocycles. The van der Waals surface area contributed by atoms with E-state index in [1.807, 2.05) is 0 Å². The first-order chi connectivity index (χ1) is 5.70. The molecule has 0 radical (unpaired) electrons. The lowest BCUT2D eigenvalue weighted by atomic mass is 9.99. The Hall–Kier alpha value is -0.0800. The lowest BCUT2D eigenvalue weighted by molar-refractivity contribution is 0.400. The van der Waals surface area contributed by atoms with Gasteiger partial charge in [-0.25, -0.2) is 0 Å². The number of nitrogens with two attached hydrogens (primary N) is 1.